The van der Waals surface area contributed by atoms with Crippen molar-refractivity contribution in [2.45, 2.75) is 31.3 Å². The number of carbonyl (C=O) groups is 1. The highest BCUT2D eigenvalue weighted by molar-refractivity contribution is 7.99. The predicted octanol–water partition coefficient (Wildman–Crippen LogP) is 3.13. The van der Waals surface area contributed by atoms with Gasteiger partial charge in [0.1, 0.15) is 5.69 Å². The first-order chi connectivity index (χ1) is 13.2. The number of nitrogens with zero attached hydrogens (tertiary/aromatic N) is 4. The number of pyridine rings is 1. The van der Waals surface area contributed by atoms with Crippen LogP contribution in [-0.2, 0) is 11.2 Å². The number of anilines is 1. The molecule has 3 rings (SSSR count). The predicted molar refractivity (Wildman–Crippen MR) is 108 cm³/mol. The molecule has 0 saturated heterocycles. The number of carbonyl (C=O) groups excluding carboxylic acids is 1. The molecule has 1 aromatic carbocycles. The van der Waals surface area contributed by atoms with Crippen molar-refractivity contribution < 1.29 is 4.79 Å². The Morgan fingerprint density at radius 2 is 2.00 bits per heavy atom. The Kier molecular flexibility index (Phi) is 6.43. The van der Waals surface area contributed by atoms with Gasteiger partial charge in [-0.1, -0.05) is 43.3 Å². The zero-order valence-corrected chi connectivity index (χ0v) is 15.9. The van der Waals surface area contributed by atoms with Gasteiger partial charge in [-0.2, -0.15) is 0 Å². The average Bonchev–Trinajstić information content (AvgIpc) is 3.07. The number of nitrogens with one attached hydrogen (secondary N) is 1. The summed E-state index contributed by atoms with van der Waals surface area (Å²) >= 11 is 1.23. The van der Waals surface area contributed by atoms with Crippen LogP contribution in [0.25, 0.3) is 11.5 Å². The molecular formula is C19H22N6OS. The second-order valence-electron chi connectivity index (χ2n) is 6.03. The molecule has 2 aromatic heterocycles. The van der Waals surface area contributed by atoms with E-state index in [9.17, 15) is 4.79 Å². The molecule has 0 fully saturated rings. The van der Waals surface area contributed by atoms with Gasteiger partial charge < -0.3 is 11.2 Å². The van der Waals surface area contributed by atoms with Crippen molar-refractivity contribution in [3.63, 3.8) is 0 Å². The van der Waals surface area contributed by atoms with Crippen molar-refractivity contribution in [3.05, 3.63) is 54.2 Å². The Balaban J connectivity index is 1.54. The minimum atomic E-state index is -0.122. The summed E-state index contributed by atoms with van der Waals surface area (Å²) in [5, 5.41) is 11.4. The number of rotatable bonds is 8. The van der Waals surface area contributed by atoms with E-state index in [4.69, 9.17) is 5.84 Å². The van der Waals surface area contributed by atoms with Gasteiger partial charge in [-0.15, -0.1) is 10.2 Å². The van der Waals surface area contributed by atoms with Crippen molar-refractivity contribution in [2.75, 3.05) is 16.9 Å². The number of nitrogens with two attached hydrogens (primary N) is 1. The van der Waals surface area contributed by atoms with Gasteiger partial charge in [0, 0.05) is 11.9 Å². The molecule has 0 radical (unpaired) electrons. The zero-order valence-electron chi connectivity index (χ0n) is 15.1. The second kappa shape index (κ2) is 9.18. The molecule has 8 heteroatoms. The molecule has 0 aliphatic rings. The third-order valence-corrected chi connectivity index (χ3v) is 4.89. The van der Waals surface area contributed by atoms with Gasteiger partial charge in [0.25, 0.3) is 0 Å². The van der Waals surface area contributed by atoms with E-state index in [0.717, 1.165) is 12.1 Å². The molecule has 3 N–H and O–H groups in total. The third-order valence-electron chi connectivity index (χ3n) is 3.95. The maximum atomic E-state index is 12.2. The average molecular weight is 382 g/mol. The maximum Gasteiger partial charge on any atom is 0.234 e. The SMILES string of the molecule is CCCCc1ccc(NC(=O)CSc2nnc(-c3ccccn3)n2N)cc1. The van der Waals surface area contributed by atoms with Gasteiger partial charge in [0.2, 0.25) is 16.9 Å². The van der Waals surface area contributed by atoms with Crippen LogP contribution in [0.2, 0.25) is 0 Å². The molecule has 1 amide bonds. The van der Waals surface area contributed by atoms with Gasteiger partial charge in [-0.05, 0) is 42.7 Å². The number of aromatic nitrogens is 4. The highest BCUT2D eigenvalue weighted by Gasteiger charge is 2.14. The molecule has 7 nitrogen and oxygen atoms in total. The van der Waals surface area contributed by atoms with E-state index in [-0.39, 0.29) is 11.7 Å². The Labute approximate surface area is 162 Å². The Morgan fingerprint density at radius 1 is 1.19 bits per heavy atom. The summed E-state index contributed by atoms with van der Waals surface area (Å²) in [5.41, 5.74) is 2.69. The molecule has 0 unspecified atom stereocenters. The fourth-order valence-corrected chi connectivity index (χ4v) is 3.16. The van der Waals surface area contributed by atoms with Crippen LogP contribution in [0, 0.1) is 0 Å². The summed E-state index contributed by atoms with van der Waals surface area (Å²) in [6.07, 6.45) is 5.06. The summed E-state index contributed by atoms with van der Waals surface area (Å²) in [6.45, 7) is 2.17. The van der Waals surface area contributed by atoms with Crippen molar-refractivity contribution in [2.24, 2.45) is 0 Å². The molecule has 2 heterocycles. The minimum Gasteiger partial charge on any atom is -0.335 e. The molecular weight excluding hydrogens is 360 g/mol. The summed E-state index contributed by atoms with van der Waals surface area (Å²) in [7, 11) is 0. The molecule has 0 saturated carbocycles. The number of benzene rings is 1. The normalized spacial score (nSPS) is 10.7. The lowest BCUT2D eigenvalue weighted by molar-refractivity contribution is -0.113. The van der Waals surface area contributed by atoms with E-state index in [1.165, 1.54) is 34.8 Å². The fourth-order valence-electron chi connectivity index (χ4n) is 2.51. The first kappa shape index (κ1) is 18.9. The number of amides is 1. The van der Waals surface area contributed by atoms with E-state index in [0.29, 0.717) is 16.7 Å². The number of hydrogen-bond acceptors (Lipinski definition) is 6. The molecule has 140 valence electrons. The maximum absolute atomic E-state index is 12.2. The van der Waals surface area contributed by atoms with Gasteiger partial charge in [0.15, 0.2) is 0 Å². The molecule has 3 aromatic rings. The number of nitrogen functional groups attached to an aromatic ring is 1. The van der Waals surface area contributed by atoms with Crippen LogP contribution in [0.15, 0.2) is 53.8 Å². The molecule has 0 spiro atoms. The van der Waals surface area contributed by atoms with Crippen molar-refractivity contribution in [1.29, 1.82) is 0 Å². The topological polar surface area (TPSA) is 98.7 Å². The standard InChI is InChI=1S/C19H22N6OS/c1-2-3-6-14-8-10-15(11-9-14)22-17(26)13-27-19-24-23-18(25(19)20)16-7-4-5-12-21-16/h4-5,7-12H,2-3,6,13,20H2,1H3,(H,22,26). The lowest BCUT2D eigenvalue weighted by atomic mass is 10.1. The van der Waals surface area contributed by atoms with Crippen LogP contribution >= 0.6 is 11.8 Å². The lowest BCUT2D eigenvalue weighted by Gasteiger charge is -2.06. The van der Waals surface area contributed by atoms with E-state index in [1.807, 2.05) is 36.4 Å². The fraction of sp³-hybridized carbons (Fsp3) is 0.263. The first-order valence-corrected chi connectivity index (χ1v) is 9.79. The van der Waals surface area contributed by atoms with E-state index in [1.54, 1.807) is 12.3 Å². The number of thioether (sulfide) groups is 1. The zero-order chi connectivity index (χ0) is 19.1. The van der Waals surface area contributed by atoms with E-state index in [2.05, 4.69) is 27.4 Å². The van der Waals surface area contributed by atoms with Crippen molar-refractivity contribution in [3.8, 4) is 11.5 Å². The quantitative estimate of drug-likeness (QED) is 0.459. The van der Waals surface area contributed by atoms with Gasteiger partial charge in [0.05, 0.1) is 5.75 Å². The summed E-state index contributed by atoms with van der Waals surface area (Å²) in [4.78, 5) is 16.4. The summed E-state index contributed by atoms with van der Waals surface area (Å²) in [5.74, 6) is 6.56. The van der Waals surface area contributed by atoms with Crippen LogP contribution < -0.4 is 11.2 Å². The third kappa shape index (κ3) is 5.07. The molecule has 0 bridgehead atoms. The van der Waals surface area contributed by atoms with Crippen molar-refractivity contribution >= 4 is 23.4 Å². The lowest BCUT2D eigenvalue weighted by Crippen LogP contribution is -2.16. The first-order valence-electron chi connectivity index (χ1n) is 8.81. The molecule has 27 heavy (non-hydrogen) atoms. The Bertz CT molecular complexity index is 879. The molecule has 0 aliphatic carbocycles. The Hall–Kier alpha value is -2.87. The smallest absolute Gasteiger partial charge is 0.234 e. The summed E-state index contributed by atoms with van der Waals surface area (Å²) in [6, 6.07) is 13.4. The van der Waals surface area contributed by atoms with Crippen LogP contribution in [0.4, 0.5) is 5.69 Å². The van der Waals surface area contributed by atoms with E-state index < -0.39 is 0 Å². The van der Waals surface area contributed by atoms with Crippen LogP contribution in [0.1, 0.15) is 25.3 Å². The van der Waals surface area contributed by atoms with Crippen LogP contribution in [0.3, 0.4) is 0 Å². The highest BCUT2D eigenvalue weighted by atomic mass is 32.2. The Morgan fingerprint density at radius 3 is 2.70 bits per heavy atom. The molecule has 0 aliphatic heterocycles. The number of hydrogen-bond donors (Lipinski definition) is 2. The van der Waals surface area contributed by atoms with E-state index >= 15 is 0 Å². The number of aryl methyl sites for hydroxylation is 1. The van der Waals surface area contributed by atoms with Gasteiger partial charge in [-0.25, -0.2) is 4.68 Å². The van der Waals surface area contributed by atoms with Crippen LogP contribution in [-0.4, -0.2) is 31.5 Å². The largest absolute Gasteiger partial charge is 0.335 e. The minimum absolute atomic E-state index is 0.122. The van der Waals surface area contributed by atoms with Crippen molar-refractivity contribution in [1.82, 2.24) is 19.9 Å². The number of unbranched alkanes of at least 4 members (excludes halogenated alkanes) is 1. The highest BCUT2D eigenvalue weighted by Crippen LogP contribution is 2.20. The van der Waals surface area contributed by atoms with Gasteiger partial charge in [-0.3, -0.25) is 9.78 Å². The molecule has 0 atom stereocenters. The monoisotopic (exact) mass is 382 g/mol. The second-order valence-corrected chi connectivity index (χ2v) is 6.97. The van der Waals surface area contributed by atoms with Crippen LogP contribution in [0.5, 0.6) is 0 Å². The summed E-state index contributed by atoms with van der Waals surface area (Å²) < 4.78 is 1.35. The van der Waals surface area contributed by atoms with Gasteiger partial charge >= 0.3 is 0 Å².